The quantitative estimate of drug-likeness (QED) is 0.603. The molecule has 9 heteroatoms. The van der Waals surface area contributed by atoms with Gasteiger partial charge in [0.1, 0.15) is 4.88 Å². The summed E-state index contributed by atoms with van der Waals surface area (Å²) in [5.41, 5.74) is 2.59. The van der Waals surface area contributed by atoms with E-state index in [4.69, 9.17) is 11.6 Å². The van der Waals surface area contributed by atoms with Crippen molar-refractivity contribution < 1.29 is 13.2 Å². The molecule has 0 fully saturated rings. The minimum Gasteiger partial charge on any atom is -0.321 e. The molecule has 6 nitrogen and oxygen atoms in total. The fourth-order valence-electron chi connectivity index (χ4n) is 2.68. The maximum atomic E-state index is 12.7. The first-order valence-electron chi connectivity index (χ1n) is 8.30. The predicted octanol–water partition coefficient (Wildman–Crippen LogP) is 4.77. The summed E-state index contributed by atoms with van der Waals surface area (Å²) < 4.78 is 27.8. The van der Waals surface area contributed by atoms with E-state index in [1.807, 2.05) is 6.92 Å². The molecular weight excluding hydrogens is 418 g/mol. The van der Waals surface area contributed by atoms with Gasteiger partial charge in [0.25, 0.3) is 15.9 Å². The number of sulfonamides is 1. The maximum absolute atomic E-state index is 12.7. The molecule has 1 heterocycles. The van der Waals surface area contributed by atoms with Gasteiger partial charge in [0, 0.05) is 10.7 Å². The van der Waals surface area contributed by atoms with Crippen LogP contribution in [-0.2, 0) is 10.0 Å². The molecule has 28 heavy (non-hydrogen) atoms. The second-order valence-corrected chi connectivity index (χ2v) is 9.36. The van der Waals surface area contributed by atoms with Gasteiger partial charge in [-0.15, -0.1) is 0 Å². The second-order valence-electron chi connectivity index (χ2n) is 6.27. The molecule has 1 aromatic heterocycles. The third-order valence-electron chi connectivity index (χ3n) is 3.93. The number of aryl methyl sites for hydroxylation is 3. The van der Waals surface area contributed by atoms with Crippen LogP contribution in [0.15, 0.2) is 47.4 Å². The number of nitrogens with one attached hydrogen (secondary N) is 2. The number of carbonyl (C=O) groups excluding carboxylic acids is 1. The van der Waals surface area contributed by atoms with Crippen LogP contribution in [0.5, 0.6) is 0 Å². The number of hydrogen-bond donors (Lipinski definition) is 2. The Hall–Kier alpha value is -2.42. The number of amides is 1. The Bertz CT molecular complexity index is 1160. The zero-order chi connectivity index (χ0) is 20.5. The Labute approximate surface area is 172 Å². The third kappa shape index (κ3) is 4.52. The monoisotopic (exact) mass is 435 g/mol. The van der Waals surface area contributed by atoms with Gasteiger partial charge in [-0.05, 0) is 50.6 Å². The molecule has 2 aromatic carbocycles. The molecule has 0 atom stereocenters. The fourth-order valence-corrected chi connectivity index (χ4v) is 5.19. The molecule has 0 aliphatic carbocycles. The molecule has 0 bridgehead atoms. The molecule has 3 aromatic rings. The van der Waals surface area contributed by atoms with Crippen molar-refractivity contribution in [1.29, 1.82) is 0 Å². The number of hydrogen-bond acceptors (Lipinski definition) is 5. The Morgan fingerprint density at radius 1 is 1.11 bits per heavy atom. The van der Waals surface area contributed by atoms with Crippen molar-refractivity contribution in [2.24, 2.45) is 0 Å². The third-order valence-corrected chi connectivity index (χ3v) is 6.86. The molecule has 0 unspecified atom stereocenters. The number of benzene rings is 2. The Balaban J connectivity index is 1.82. The second kappa shape index (κ2) is 7.90. The Morgan fingerprint density at radius 3 is 2.54 bits per heavy atom. The number of aromatic nitrogens is 1. The Morgan fingerprint density at radius 2 is 1.86 bits per heavy atom. The number of thiazole rings is 1. The van der Waals surface area contributed by atoms with E-state index in [0.29, 0.717) is 26.8 Å². The van der Waals surface area contributed by atoms with Crippen molar-refractivity contribution in [3.8, 4) is 0 Å². The zero-order valence-corrected chi connectivity index (χ0v) is 17.8. The van der Waals surface area contributed by atoms with E-state index in [9.17, 15) is 13.2 Å². The first-order chi connectivity index (χ1) is 13.2. The first-order valence-corrected chi connectivity index (χ1v) is 11.0. The molecule has 0 aliphatic rings. The van der Waals surface area contributed by atoms with Crippen LogP contribution in [0.4, 0.5) is 10.8 Å². The van der Waals surface area contributed by atoms with Crippen LogP contribution in [0.3, 0.4) is 0 Å². The predicted molar refractivity (Wildman–Crippen MR) is 113 cm³/mol. The van der Waals surface area contributed by atoms with Crippen molar-refractivity contribution in [2.45, 2.75) is 25.7 Å². The number of carbonyl (C=O) groups is 1. The van der Waals surface area contributed by atoms with Crippen LogP contribution in [0.2, 0.25) is 5.02 Å². The number of halogens is 1. The number of anilines is 2. The molecule has 0 saturated carbocycles. The van der Waals surface area contributed by atoms with E-state index in [2.05, 4.69) is 15.0 Å². The van der Waals surface area contributed by atoms with Crippen molar-refractivity contribution in [3.63, 3.8) is 0 Å². The molecule has 2 N–H and O–H groups in total. The lowest BCUT2D eigenvalue weighted by molar-refractivity contribution is 0.103. The van der Waals surface area contributed by atoms with Gasteiger partial charge in [0.2, 0.25) is 0 Å². The Kier molecular flexibility index (Phi) is 5.74. The summed E-state index contributed by atoms with van der Waals surface area (Å²) in [5.74, 6) is -0.380. The highest BCUT2D eigenvalue weighted by Crippen LogP contribution is 2.27. The summed E-state index contributed by atoms with van der Waals surface area (Å²) in [6, 6.07) is 11.9. The van der Waals surface area contributed by atoms with Gasteiger partial charge < -0.3 is 5.32 Å². The van der Waals surface area contributed by atoms with Gasteiger partial charge >= 0.3 is 0 Å². The van der Waals surface area contributed by atoms with Crippen LogP contribution < -0.4 is 10.0 Å². The fraction of sp³-hybridized carbons (Fsp3) is 0.158. The summed E-state index contributed by atoms with van der Waals surface area (Å²) in [7, 11) is -3.81. The maximum Gasteiger partial charge on any atom is 0.267 e. The highest BCUT2D eigenvalue weighted by atomic mass is 35.5. The summed E-state index contributed by atoms with van der Waals surface area (Å²) >= 11 is 6.90. The van der Waals surface area contributed by atoms with E-state index in [-0.39, 0.29) is 15.9 Å². The summed E-state index contributed by atoms with van der Waals surface area (Å²) in [4.78, 5) is 17.2. The minimum atomic E-state index is -3.81. The molecule has 3 rings (SSSR count). The van der Waals surface area contributed by atoms with E-state index < -0.39 is 10.0 Å². The van der Waals surface area contributed by atoms with Gasteiger partial charge in [-0.25, -0.2) is 13.4 Å². The molecule has 1 amide bonds. The number of nitrogens with zero attached hydrogens (tertiary/aromatic N) is 1. The lowest BCUT2D eigenvalue weighted by Crippen LogP contribution is -2.14. The van der Waals surface area contributed by atoms with E-state index in [1.54, 1.807) is 56.3 Å². The highest BCUT2D eigenvalue weighted by Gasteiger charge is 2.21. The molecular formula is C19H18ClN3O3S2. The van der Waals surface area contributed by atoms with Crippen molar-refractivity contribution in [2.75, 3.05) is 10.0 Å². The minimum absolute atomic E-state index is 0.133. The van der Waals surface area contributed by atoms with Gasteiger partial charge in [0.15, 0.2) is 5.13 Å². The summed E-state index contributed by atoms with van der Waals surface area (Å²) in [6.07, 6.45) is 0. The molecule has 146 valence electrons. The van der Waals surface area contributed by atoms with Crippen molar-refractivity contribution in [1.82, 2.24) is 4.98 Å². The van der Waals surface area contributed by atoms with E-state index >= 15 is 0 Å². The largest absolute Gasteiger partial charge is 0.321 e. The van der Waals surface area contributed by atoms with Crippen LogP contribution in [0.1, 0.15) is 26.5 Å². The average molecular weight is 436 g/mol. The van der Waals surface area contributed by atoms with Gasteiger partial charge in [-0.1, -0.05) is 46.7 Å². The lowest BCUT2D eigenvalue weighted by Gasteiger charge is -2.08. The molecule has 0 aliphatic heterocycles. The normalized spacial score (nSPS) is 11.3. The summed E-state index contributed by atoms with van der Waals surface area (Å²) in [5, 5.41) is 3.37. The van der Waals surface area contributed by atoms with Gasteiger partial charge in [-0.3, -0.25) is 9.52 Å². The van der Waals surface area contributed by atoms with Crippen LogP contribution in [0, 0.1) is 20.8 Å². The number of rotatable bonds is 5. The van der Waals surface area contributed by atoms with E-state index in [0.717, 1.165) is 16.9 Å². The molecule has 0 radical (unpaired) electrons. The average Bonchev–Trinajstić information content (AvgIpc) is 2.94. The topological polar surface area (TPSA) is 88.2 Å². The molecule has 0 spiro atoms. The molecule has 0 saturated heterocycles. The zero-order valence-electron chi connectivity index (χ0n) is 15.4. The van der Waals surface area contributed by atoms with E-state index in [1.165, 1.54) is 0 Å². The van der Waals surface area contributed by atoms with Crippen LogP contribution in [-0.4, -0.2) is 19.3 Å². The standard InChI is InChI=1S/C19H18ClN3O3S2/c1-11-7-8-16(12(2)9-11)28(25,26)23-19-21-13(3)17(27-19)18(24)22-15-6-4-5-14(20)10-15/h4-10H,1-3H3,(H,21,23)(H,22,24). The van der Waals surface area contributed by atoms with Gasteiger partial charge in [0.05, 0.1) is 10.6 Å². The SMILES string of the molecule is Cc1ccc(S(=O)(=O)Nc2nc(C)c(C(=O)Nc3cccc(Cl)c3)s2)c(C)c1. The van der Waals surface area contributed by atoms with Crippen molar-refractivity contribution >= 4 is 49.7 Å². The van der Waals surface area contributed by atoms with Crippen LogP contribution >= 0.6 is 22.9 Å². The van der Waals surface area contributed by atoms with Crippen LogP contribution in [0.25, 0.3) is 0 Å². The highest BCUT2D eigenvalue weighted by molar-refractivity contribution is 7.93. The van der Waals surface area contributed by atoms with Gasteiger partial charge in [-0.2, -0.15) is 0 Å². The van der Waals surface area contributed by atoms with Crippen molar-refractivity contribution in [3.05, 3.63) is 69.2 Å². The summed E-state index contributed by atoms with van der Waals surface area (Å²) in [6.45, 7) is 5.28. The first kappa shape index (κ1) is 20.3. The lowest BCUT2D eigenvalue weighted by atomic mass is 10.2. The smallest absolute Gasteiger partial charge is 0.267 e.